The highest BCUT2D eigenvalue weighted by atomic mass is 16.5. The summed E-state index contributed by atoms with van der Waals surface area (Å²) in [6.07, 6.45) is 2.58. The minimum absolute atomic E-state index is 0.0103. The van der Waals surface area contributed by atoms with Gasteiger partial charge in [-0.1, -0.05) is 41.0 Å². The number of nitrogens with one attached hydrogen (secondary N) is 3. The normalized spacial score (nSPS) is 23.6. The Kier molecular flexibility index (Phi) is 15.4. The van der Waals surface area contributed by atoms with Crippen molar-refractivity contribution < 1.29 is 38.2 Å². The van der Waals surface area contributed by atoms with Crippen LogP contribution in [0.2, 0.25) is 0 Å². The van der Waals surface area contributed by atoms with Gasteiger partial charge in [0, 0.05) is 27.8 Å². The fourth-order valence-electron chi connectivity index (χ4n) is 6.82. The molecule has 8 unspecified atom stereocenters. The average Bonchev–Trinajstić information content (AvgIpc) is 3.71. The maximum absolute atomic E-state index is 14.1. The van der Waals surface area contributed by atoms with Gasteiger partial charge in [-0.25, -0.2) is 0 Å². The van der Waals surface area contributed by atoms with E-state index in [0.717, 1.165) is 25.8 Å². The highest BCUT2D eigenvalue weighted by Crippen LogP contribution is 2.30. The summed E-state index contributed by atoms with van der Waals surface area (Å²) in [6.45, 7) is 12.5. The zero-order valence-electron chi connectivity index (χ0n) is 29.6. The van der Waals surface area contributed by atoms with Gasteiger partial charge in [0.05, 0.1) is 49.3 Å². The van der Waals surface area contributed by atoms with Gasteiger partial charge in [-0.3, -0.25) is 24.0 Å². The van der Waals surface area contributed by atoms with E-state index in [2.05, 4.69) is 20.7 Å². The molecule has 46 heavy (non-hydrogen) atoms. The Morgan fingerprint density at radius 3 is 2.24 bits per heavy atom. The summed E-state index contributed by atoms with van der Waals surface area (Å²) in [5, 5.41) is 8.86. The SMILES string of the molecule is CCC(C)C(C(CC(=O)N1CCCC1C(OC)C(C)C(=O)NCC(=O)OC)OC)N(C)C(=O)C(NC(=O)C1(C)CCCN1)C(C)C. The van der Waals surface area contributed by atoms with Crippen molar-refractivity contribution in [2.75, 3.05) is 48.0 Å². The Morgan fingerprint density at radius 2 is 1.72 bits per heavy atom. The van der Waals surface area contributed by atoms with Crippen molar-refractivity contribution in [2.24, 2.45) is 17.8 Å². The summed E-state index contributed by atoms with van der Waals surface area (Å²) < 4.78 is 16.3. The standard InChI is InChI=1S/C33H59N5O8/c1-11-21(4)28(37(7)31(42)27(20(2)3)36-32(43)33(6)15-13-16-35-33)24(44-8)18-25(39)38-17-12-14-23(38)29(46-10)22(5)30(41)34-19-26(40)45-9/h20-24,27-29,35H,11-19H2,1-10H3,(H,34,41)(H,36,43). The second-order valence-electron chi connectivity index (χ2n) is 13.4. The van der Waals surface area contributed by atoms with Crippen molar-refractivity contribution in [1.29, 1.82) is 0 Å². The van der Waals surface area contributed by atoms with Crippen molar-refractivity contribution in [3.63, 3.8) is 0 Å². The van der Waals surface area contributed by atoms with Crippen molar-refractivity contribution in [2.45, 2.75) is 116 Å². The van der Waals surface area contributed by atoms with E-state index >= 15 is 0 Å². The van der Waals surface area contributed by atoms with E-state index in [1.54, 1.807) is 30.9 Å². The third kappa shape index (κ3) is 9.63. The molecule has 264 valence electrons. The Morgan fingerprint density at radius 1 is 1.04 bits per heavy atom. The monoisotopic (exact) mass is 653 g/mol. The molecule has 0 radical (unpaired) electrons. The lowest BCUT2D eigenvalue weighted by molar-refractivity contribution is -0.148. The third-order valence-electron chi connectivity index (χ3n) is 9.98. The average molecular weight is 654 g/mol. The van der Waals surface area contributed by atoms with E-state index in [4.69, 9.17) is 9.47 Å². The van der Waals surface area contributed by atoms with Crippen molar-refractivity contribution in [3.8, 4) is 0 Å². The number of esters is 1. The highest BCUT2D eigenvalue weighted by Gasteiger charge is 2.44. The van der Waals surface area contributed by atoms with Crippen LogP contribution < -0.4 is 16.0 Å². The van der Waals surface area contributed by atoms with E-state index in [-0.39, 0.29) is 54.5 Å². The van der Waals surface area contributed by atoms with Crippen LogP contribution >= 0.6 is 0 Å². The molecule has 0 aromatic heterocycles. The Labute approximate surface area is 275 Å². The molecule has 2 saturated heterocycles. The molecule has 2 fully saturated rings. The number of carbonyl (C=O) groups excluding carboxylic acids is 5. The van der Waals surface area contributed by atoms with Crippen LogP contribution in [0.3, 0.4) is 0 Å². The van der Waals surface area contributed by atoms with Crippen molar-refractivity contribution >= 4 is 29.6 Å². The smallest absolute Gasteiger partial charge is 0.325 e. The summed E-state index contributed by atoms with van der Waals surface area (Å²) in [6, 6.07) is -1.53. The minimum Gasteiger partial charge on any atom is -0.468 e. The highest BCUT2D eigenvalue weighted by molar-refractivity contribution is 5.92. The predicted molar refractivity (Wildman–Crippen MR) is 174 cm³/mol. The lowest BCUT2D eigenvalue weighted by atomic mass is 9.89. The van der Waals surface area contributed by atoms with E-state index in [1.165, 1.54) is 14.2 Å². The number of rotatable bonds is 17. The molecule has 3 N–H and O–H groups in total. The number of amides is 4. The number of hydrogen-bond donors (Lipinski definition) is 3. The van der Waals surface area contributed by atoms with Gasteiger partial charge in [-0.2, -0.15) is 0 Å². The molecule has 13 nitrogen and oxygen atoms in total. The first-order valence-corrected chi connectivity index (χ1v) is 16.7. The molecule has 2 aliphatic rings. The zero-order chi connectivity index (χ0) is 34.8. The number of likely N-dealkylation sites (N-methyl/N-ethyl adjacent to an activating group) is 1. The largest absolute Gasteiger partial charge is 0.468 e. The molecule has 2 heterocycles. The summed E-state index contributed by atoms with van der Waals surface area (Å²) in [7, 11) is 6.04. The van der Waals surface area contributed by atoms with Gasteiger partial charge in [0.2, 0.25) is 23.6 Å². The van der Waals surface area contributed by atoms with Crippen LogP contribution in [0.4, 0.5) is 0 Å². The predicted octanol–water partition coefficient (Wildman–Crippen LogP) is 1.48. The molecule has 0 saturated carbocycles. The lowest BCUT2D eigenvalue weighted by Crippen LogP contribution is -2.61. The molecular formula is C33H59N5O8. The molecule has 2 rings (SSSR count). The van der Waals surface area contributed by atoms with Crippen molar-refractivity contribution in [1.82, 2.24) is 25.8 Å². The van der Waals surface area contributed by atoms with Gasteiger partial charge in [-0.15, -0.1) is 0 Å². The fourth-order valence-corrected chi connectivity index (χ4v) is 6.82. The lowest BCUT2D eigenvalue weighted by Gasteiger charge is -2.41. The Bertz CT molecular complexity index is 1050. The van der Waals surface area contributed by atoms with Gasteiger partial charge < -0.3 is 40.0 Å². The first-order valence-electron chi connectivity index (χ1n) is 16.7. The first kappa shape index (κ1) is 39.4. The second-order valence-corrected chi connectivity index (χ2v) is 13.4. The number of methoxy groups -OCH3 is 3. The Hall–Kier alpha value is -2.77. The molecule has 0 aromatic carbocycles. The number of ether oxygens (including phenoxy) is 3. The van der Waals surface area contributed by atoms with Crippen LogP contribution in [0.5, 0.6) is 0 Å². The fraction of sp³-hybridized carbons (Fsp3) is 0.848. The number of carbonyl (C=O) groups is 5. The topological polar surface area (TPSA) is 156 Å². The first-order chi connectivity index (χ1) is 21.7. The third-order valence-corrected chi connectivity index (χ3v) is 9.98. The summed E-state index contributed by atoms with van der Waals surface area (Å²) in [5.74, 6) is -2.29. The molecule has 0 aromatic rings. The van der Waals surface area contributed by atoms with Crippen LogP contribution in [-0.4, -0.2) is 123 Å². The number of nitrogens with zero attached hydrogens (tertiary/aromatic N) is 2. The maximum Gasteiger partial charge on any atom is 0.325 e. The summed E-state index contributed by atoms with van der Waals surface area (Å²) in [4.78, 5) is 69.0. The summed E-state index contributed by atoms with van der Waals surface area (Å²) >= 11 is 0. The quantitative estimate of drug-likeness (QED) is 0.198. The molecule has 13 heteroatoms. The van der Waals surface area contributed by atoms with E-state index in [9.17, 15) is 24.0 Å². The minimum atomic E-state index is -0.742. The molecule has 4 amide bonds. The van der Waals surface area contributed by atoms with Gasteiger partial charge in [0.15, 0.2) is 0 Å². The summed E-state index contributed by atoms with van der Waals surface area (Å²) in [5.41, 5.74) is -0.713. The van der Waals surface area contributed by atoms with E-state index in [1.807, 2.05) is 34.6 Å². The van der Waals surface area contributed by atoms with Crippen LogP contribution in [0.25, 0.3) is 0 Å². The van der Waals surface area contributed by atoms with Crippen molar-refractivity contribution in [3.05, 3.63) is 0 Å². The molecular weight excluding hydrogens is 594 g/mol. The number of hydrogen-bond acceptors (Lipinski definition) is 9. The Balaban J connectivity index is 2.24. The molecule has 0 bridgehead atoms. The van der Waals surface area contributed by atoms with Gasteiger partial charge in [-0.05, 0) is 51.0 Å². The van der Waals surface area contributed by atoms with Gasteiger partial charge in [0.25, 0.3) is 0 Å². The van der Waals surface area contributed by atoms with E-state index < -0.39 is 41.7 Å². The maximum atomic E-state index is 14.1. The van der Waals surface area contributed by atoms with E-state index in [0.29, 0.717) is 19.4 Å². The second kappa shape index (κ2) is 18.0. The van der Waals surface area contributed by atoms with Crippen LogP contribution in [0, 0.1) is 17.8 Å². The van der Waals surface area contributed by atoms with Crippen LogP contribution in [0.15, 0.2) is 0 Å². The molecule has 0 spiro atoms. The molecule has 8 atom stereocenters. The molecule has 0 aliphatic carbocycles. The molecule has 2 aliphatic heterocycles. The van der Waals surface area contributed by atoms with Crippen LogP contribution in [-0.2, 0) is 38.2 Å². The van der Waals surface area contributed by atoms with Gasteiger partial charge in [0.1, 0.15) is 12.6 Å². The van der Waals surface area contributed by atoms with Gasteiger partial charge >= 0.3 is 5.97 Å². The number of likely N-dealkylation sites (tertiary alicyclic amines) is 1. The zero-order valence-corrected chi connectivity index (χ0v) is 29.6. The van der Waals surface area contributed by atoms with Crippen LogP contribution in [0.1, 0.15) is 80.1 Å².